The second-order valence-electron chi connectivity index (χ2n) is 8.24. The number of sulfone groups is 2. The maximum absolute atomic E-state index is 13.9. The van der Waals surface area contributed by atoms with Crippen molar-refractivity contribution in [1.82, 2.24) is 4.40 Å². The normalized spacial score (nSPS) is 12.0. The summed E-state index contributed by atoms with van der Waals surface area (Å²) in [6.07, 6.45) is 1.81. The van der Waals surface area contributed by atoms with Crippen LogP contribution in [0.1, 0.15) is 60.0 Å². The maximum Gasteiger partial charge on any atom is 0.211 e. The first kappa shape index (κ1) is 27.4. The van der Waals surface area contributed by atoms with E-state index in [1.165, 1.54) is 62.1 Å². The number of nitrogens with zero attached hydrogens (tertiary/aromatic N) is 1. The highest BCUT2D eigenvalue weighted by Gasteiger charge is 2.38. The van der Waals surface area contributed by atoms with Crippen LogP contribution in [0, 0.1) is 0 Å². The van der Waals surface area contributed by atoms with Gasteiger partial charge in [0.25, 0.3) is 0 Å². The number of carbonyl (C=O) groups excluding carboxylic acids is 2. The molecule has 9 nitrogen and oxygen atoms in total. The fourth-order valence-corrected chi connectivity index (χ4v) is 8.17. The number of pyridine rings is 1. The topological polar surface area (TPSA) is 125 Å². The summed E-state index contributed by atoms with van der Waals surface area (Å²) in [5.41, 5.74) is -0.389. The number of rotatable bonds is 11. The van der Waals surface area contributed by atoms with Gasteiger partial charge in [0.15, 0.2) is 37.0 Å². The Bertz CT molecular complexity index is 1550. The van der Waals surface area contributed by atoms with Crippen LogP contribution in [0.15, 0.2) is 46.3 Å². The summed E-state index contributed by atoms with van der Waals surface area (Å²) < 4.78 is 65.9. The molecule has 3 rings (SSSR count). The largest absolute Gasteiger partial charge is 0.493 e. The number of fused-ring (bicyclic) bond motifs is 1. The van der Waals surface area contributed by atoms with Gasteiger partial charge in [-0.3, -0.25) is 9.59 Å². The van der Waals surface area contributed by atoms with Crippen LogP contribution in [-0.4, -0.2) is 58.5 Å². The molecule has 0 bridgehead atoms. The highest BCUT2D eigenvalue weighted by molar-refractivity contribution is 7.94. The molecule has 0 aliphatic rings. The van der Waals surface area contributed by atoms with Gasteiger partial charge in [-0.25, -0.2) is 16.8 Å². The first-order valence-electron chi connectivity index (χ1n) is 11.3. The van der Waals surface area contributed by atoms with Gasteiger partial charge in [0, 0.05) is 17.3 Å². The molecule has 194 valence electrons. The second-order valence-corrected chi connectivity index (χ2v) is 12.3. The van der Waals surface area contributed by atoms with E-state index in [-0.39, 0.29) is 52.4 Å². The first-order chi connectivity index (χ1) is 16.9. The Morgan fingerprint density at radius 1 is 0.861 bits per heavy atom. The number of carbonyl (C=O) groups is 2. The molecule has 0 saturated heterocycles. The Kier molecular flexibility index (Phi) is 7.94. The third-order valence-electron chi connectivity index (χ3n) is 5.68. The van der Waals surface area contributed by atoms with Gasteiger partial charge in [0.05, 0.1) is 31.2 Å². The van der Waals surface area contributed by atoms with E-state index in [2.05, 4.69) is 0 Å². The predicted octanol–water partition coefficient (Wildman–Crippen LogP) is 3.76. The highest BCUT2D eigenvalue weighted by Crippen LogP contribution is 2.38. The predicted molar refractivity (Wildman–Crippen MR) is 135 cm³/mol. The van der Waals surface area contributed by atoms with E-state index in [4.69, 9.17) is 9.47 Å². The van der Waals surface area contributed by atoms with Crippen molar-refractivity contribution in [3.8, 4) is 11.5 Å². The van der Waals surface area contributed by atoms with Crippen LogP contribution in [-0.2, 0) is 19.7 Å². The SMILES string of the molecule is CCCS(=O)(=O)c1c(S(=O)(=O)CCC)c2c(C(C)=O)cccn2c1C(=O)c1ccc(OC)c(OC)c1. The van der Waals surface area contributed by atoms with E-state index >= 15 is 0 Å². The second kappa shape index (κ2) is 10.4. The molecule has 0 aliphatic carbocycles. The van der Waals surface area contributed by atoms with E-state index in [1.807, 2.05) is 0 Å². The number of benzene rings is 1. The van der Waals surface area contributed by atoms with Gasteiger partial charge in [-0.15, -0.1) is 0 Å². The summed E-state index contributed by atoms with van der Waals surface area (Å²) in [4.78, 5) is 25.3. The molecule has 0 aliphatic heterocycles. The minimum absolute atomic E-state index is 0.00601. The molecule has 0 N–H and O–H groups in total. The van der Waals surface area contributed by atoms with Crippen LogP contribution in [0.25, 0.3) is 5.52 Å². The lowest BCUT2D eigenvalue weighted by molar-refractivity contribution is 0.101. The molecular formula is C25H29NO8S2. The van der Waals surface area contributed by atoms with E-state index in [0.29, 0.717) is 5.75 Å². The van der Waals surface area contributed by atoms with Crippen LogP contribution in [0.5, 0.6) is 11.5 Å². The van der Waals surface area contributed by atoms with Gasteiger partial charge in [-0.05, 0) is 50.1 Å². The lowest BCUT2D eigenvalue weighted by Crippen LogP contribution is -2.17. The van der Waals surface area contributed by atoms with E-state index < -0.39 is 41.0 Å². The lowest BCUT2D eigenvalue weighted by atomic mass is 10.1. The van der Waals surface area contributed by atoms with Crippen LogP contribution >= 0.6 is 0 Å². The molecule has 2 aromatic heterocycles. The molecule has 11 heteroatoms. The third-order valence-corrected chi connectivity index (χ3v) is 9.74. The number of hydrogen-bond acceptors (Lipinski definition) is 8. The third kappa shape index (κ3) is 4.77. The van der Waals surface area contributed by atoms with E-state index in [1.54, 1.807) is 13.8 Å². The molecule has 0 unspecified atom stereocenters. The standard InChI is InChI=1S/C25H29NO8S2/c1-6-13-35(29,30)24-21-18(16(3)27)9-8-12-26(21)22(25(24)36(31,32)14-7-2)23(28)17-10-11-19(33-4)20(15-17)34-5/h8-12,15H,6-7,13-14H2,1-5H3. The highest BCUT2D eigenvalue weighted by atomic mass is 32.2. The van der Waals surface area contributed by atoms with Crippen molar-refractivity contribution < 1.29 is 35.9 Å². The average molecular weight is 536 g/mol. The summed E-state index contributed by atoms with van der Waals surface area (Å²) in [5.74, 6) is -1.32. The minimum Gasteiger partial charge on any atom is -0.493 e. The van der Waals surface area contributed by atoms with E-state index in [0.717, 1.165) is 0 Å². The Labute approximate surface area is 210 Å². The van der Waals surface area contributed by atoms with Gasteiger partial charge >= 0.3 is 0 Å². The molecule has 0 fully saturated rings. The van der Waals surface area contributed by atoms with Crippen molar-refractivity contribution in [3.05, 3.63) is 53.3 Å². The summed E-state index contributed by atoms with van der Waals surface area (Å²) >= 11 is 0. The van der Waals surface area contributed by atoms with Crippen LogP contribution in [0.2, 0.25) is 0 Å². The summed E-state index contributed by atoms with van der Waals surface area (Å²) in [5, 5.41) is 0. The van der Waals surface area contributed by atoms with Gasteiger partial charge in [-0.2, -0.15) is 0 Å². The fraction of sp³-hybridized carbons (Fsp3) is 0.360. The Morgan fingerprint density at radius 3 is 1.97 bits per heavy atom. The molecule has 1 aromatic carbocycles. The van der Waals surface area contributed by atoms with Crippen molar-refractivity contribution in [2.24, 2.45) is 0 Å². The molecule has 0 atom stereocenters. The van der Waals surface area contributed by atoms with E-state index in [9.17, 15) is 26.4 Å². The molecule has 0 saturated carbocycles. The number of aromatic nitrogens is 1. The Hall–Kier alpha value is -3.18. The van der Waals surface area contributed by atoms with Gasteiger partial charge in [0.2, 0.25) is 5.78 Å². The smallest absolute Gasteiger partial charge is 0.211 e. The Morgan fingerprint density at radius 2 is 1.44 bits per heavy atom. The fourth-order valence-electron chi connectivity index (χ4n) is 4.18. The van der Waals surface area contributed by atoms with Gasteiger partial charge in [-0.1, -0.05) is 13.8 Å². The van der Waals surface area contributed by atoms with Gasteiger partial charge in [0.1, 0.15) is 15.5 Å². The molecule has 36 heavy (non-hydrogen) atoms. The van der Waals surface area contributed by atoms with Crippen LogP contribution < -0.4 is 9.47 Å². The number of methoxy groups -OCH3 is 2. The molecule has 2 heterocycles. The number of Topliss-reactive ketones (excluding diaryl/α,β-unsaturated/α-hetero) is 1. The zero-order valence-corrected chi connectivity index (χ0v) is 22.5. The summed E-state index contributed by atoms with van der Waals surface area (Å²) in [7, 11) is -5.61. The van der Waals surface area contributed by atoms with Crippen molar-refractivity contribution in [2.45, 2.75) is 43.4 Å². The van der Waals surface area contributed by atoms with Crippen molar-refractivity contribution in [1.29, 1.82) is 0 Å². The molecule has 0 spiro atoms. The monoisotopic (exact) mass is 535 g/mol. The summed E-state index contributed by atoms with van der Waals surface area (Å²) in [6, 6.07) is 7.23. The van der Waals surface area contributed by atoms with Crippen molar-refractivity contribution in [3.63, 3.8) is 0 Å². The first-order valence-corrected chi connectivity index (χ1v) is 14.7. The van der Waals surface area contributed by atoms with Crippen LogP contribution in [0.3, 0.4) is 0 Å². The molecule has 0 amide bonds. The quantitative estimate of drug-likeness (QED) is 0.340. The van der Waals surface area contributed by atoms with Crippen molar-refractivity contribution >= 4 is 36.8 Å². The molecular weight excluding hydrogens is 506 g/mol. The molecule has 0 radical (unpaired) electrons. The van der Waals surface area contributed by atoms with Crippen molar-refractivity contribution in [2.75, 3.05) is 25.7 Å². The van der Waals surface area contributed by atoms with Gasteiger partial charge < -0.3 is 13.9 Å². The zero-order valence-electron chi connectivity index (χ0n) is 20.8. The number of ether oxygens (including phenoxy) is 2. The maximum atomic E-state index is 13.9. The molecule has 3 aromatic rings. The number of hydrogen-bond donors (Lipinski definition) is 0. The lowest BCUT2D eigenvalue weighted by Gasteiger charge is -2.11. The average Bonchev–Trinajstić information content (AvgIpc) is 3.20. The number of ketones is 2. The minimum atomic E-state index is -4.25. The zero-order chi connectivity index (χ0) is 26.8. The summed E-state index contributed by atoms with van der Waals surface area (Å²) in [6.45, 7) is 4.55. The van der Waals surface area contributed by atoms with Crippen LogP contribution in [0.4, 0.5) is 0 Å². The Balaban J connectivity index is 2.57.